The molecular weight excluding hydrogens is 260 g/mol. The van der Waals surface area contributed by atoms with Gasteiger partial charge in [-0.3, -0.25) is 0 Å². The van der Waals surface area contributed by atoms with E-state index in [0.29, 0.717) is 0 Å². The molecule has 1 N–H and O–H groups in total. The third-order valence-corrected chi connectivity index (χ3v) is 4.41. The highest BCUT2D eigenvalue weighted by Crippen LogP contribution is 2.14. The summed E-state index contributed by atoms with van der Waals surface area (Å²) in [4.78, 5) is 7.09. The van der Waals surface area contributed by atoms with Crippen molar-refractivity contribution >= 4 is 0 Å². The van der Waals surface area contributed by atoms with Crippen LogP contribution in [0.1, 0.15) is 40.0 Å². The normalized spacial score (nSPS) is 15.1. The monoisotopic (exact) mass is 300 g/mol. The molecule has 128 valence electrons. The summed E-state index contributed by atoms with van der Waals surface area (Å²) in [6.45, 7) is 13.8. The van der Waals surface area contributed by atoms with Crippen LogP contribution in [0.25, 0.3) is 0 Å². The number of hydrogen-bond acceptors (Lipinski definition) is 4. The molecule has 21 heavy (non-hydrogen) atoms. The molecule has 0 rings (SSSR count). The first-order valence-corrected chi connectivity index (χ1v) is 8.59. The lowest BCUT2D eigenvalue weighted by atomic mass is 9.94. The van der Waals surface area contributed by atoms with E-state index in [2.05, 4.69) is 69.0 Å². The van der Waals surface area contributed by atoms with Crippen LogP contribution in [0.5, 0.6) is 0 Å². The predicted octanol–water partition coefficient (Wildman–Crippen LogP) is 1.97. The second-order valence-electron chi connectivity index (χ2n) is 7.00. The van der Waals surface area contributed by atoms with Crippen LogP contribution in [-0.2, 0) is 0 Å². The lowest BCUT2D eigenvalue weighted by Gasteiger charge is -2.33. The molecule has 0 spiro atoms. The SMILES string of the molecule is CCCN(C)CCC(C)(CC)NCCN(C)CCN(C)C. The summed E-state index contributed by atoms with van der Waals surface area (Å²) in [5, 5.41) is 3.78. The van der Waals surface area contributed by atoms with E-state index < -0.39 is 0 Å². The molecule has 0 aliphatic carbocycles. The molecule has 0 saturated heterocycles. The van der Waals surface area contributed by atoms with E-state index in [1.165, 1.54) is 32.4 Å². The summed E-state index contributed by atoms with van der Waals surface area (Å²) >= 11 is 0. The molecule has 0 aromatic rings. The fourth-order valence-corrected chi connectivity index (χ4v) is 2.35. The lowest BCUT2D eigenvalue weighted by Crippen LogP contribution is -2.47. The van der Waals surface area contributed by atoms with Crippen LogP contribution in [-0.4, -0.2) is 87.7 Å². The Kier molecular flexibility index (Phi) is 11.3. The average Bonchev–Trinajstić information content (AvgIpc) is 2.43. The van der Waals surface area contributed by atoms with Crippen LogP contribution in [0.4, 0.5) is 0 Å². The van der Waals surface area contributed by atoms with Gasteiger partial charge in [0.2, 0.25) is 0 Å². The van der Waals surface area contributed by atoms with Crippen LogP contribution < -0.4 is 5.32 Å². The van der Waals surface area contributed by atoms with Crippen LogP contribution in [0.15, 0.2) is 0 Å². The Morgan fingerprint density at radius 1 is 0.810 bits per heavy atom. The van der Waals surface area contributed by atoms with E-state index in [1.54, 1.807) is 0 Å². The molecule has 0 heterocycles. The number of nitrogens with one attached hydrogen (secondary N) is 1. The van der Waals surface area contributed by atoms with Crippen molar-refractivity contribution in [2.75, 3.05) is 67.5 Å². The Bertz CT molecular complexity index is 245. The minimum Gasteiger partial charge on any atom is -0.310 e. The van der Waals surface area contributed by atoms with Crippen molar-refractivity contribution in [3.63, 3.8) is 0 Å². The third-order valence-electron chi connectivity index (χ3n) is 4.41. The lowest BCUT2D eigenvalue weighted by molar-refractivity contribution is 0.231. The van der Waals surface area contributed by atoms with Gasteiger partial charge in [0, 0.05) is 31.7 Å². The molecule has 0 radical (unpaired) electrons. The molecule has 1 atom stereocenters. The fraction of sp³-hybridized carbons (Fsp3) is 1.00. The van der Waals surface area contributed by atoms with Crippen molar-refractivity contribution in [1.29, 1.82) is 0 Å². The fourth-order valence-electron chi connectivity index (χ4n) is 2.35. The minimum atomic E-state index is 0.268. The number of rotatable bonds is 13. The Morgan fingerprint density at radius 2 is 1.43 bits per heavy atom. The molecule has 0 aromatic heterocycles. The van der Waals surface area contributed by atoms with Crippen LogP contribution in [0.2, 0.25) is 0 Å². The van der Waals surface area contributed by atoms with Gasteiger partial charge in [-0.2, -0.15) is 0 Å². The summed E-state index contributed by atoms with van der Waals surface area (Å²) in [6.07, 6.45) is 3.65. The highest BCUT2D eigenvalue weighted by Gasteiger charge is 2.21. The molecule has 0 amide bonds. The first-order chi connectivity index (χ1) is 9.83. The van der Waals surface area contributed by atoms with Gasteiger partial charge in [-0.05, 0) is 67.5 Å². The molecule has 0 fully saturated rings. The van der Waals surface area contributed by atoms with Gasteiger partial charge in [-0.25, -0.2) is 0 Å². The van der Waals surface area contributed by atoms with Crippen LogP contribution >= 0.6 is 0 Å². The standard InChI is InChI=1S/C17H40N4/c1-8-12-20(6)13-10-17(3,9-2)18-11-14-21(7)16-15-19(4)5/h18H,8-16H2,1-7H3. The second-order valence-corrected chi connectivity index (χ2v) is 7.00. The Morgan fingerprint density at radius 3 is 1.95 bits per heavy atom. The molecule has 0 aliphatic rings. The van der Waals surface area contributed by atoms with Crippen molar-refractivity contribution in [3.8, 4) is 0 Å². The van der Waals surface area contributed by atoms with Gasteiger partial charge in [0.1, 0.15) is 0 Å². The zero-order chi connectivity index (χ0) is 16.3. The second kappa shape index (κ2) is 11.4. The van der Waals surface area contributed by atoms with Crippen molar-refractivity contribution in [2.24, 2.45) is 0 Å². The van der Waals surface area contributed by atoms with Gasteiger partial charge in [0.15, 0.2) is 0 Å². The van der Waals surface area contributed by atoms with Gasteiger partial charge >= 0.3 is 0 Å². The largest absolute Gasteiger partial charge is 0.310 e. The van der Waals surface area contributed by atoms with Gasteiger partial charge in [0.25, 0.3) is 0 Å². The molecule has 4 heteroatoms. The first kappa shape index (κ1) is 20.8. The Hall–Kier alpha value is -0.160. The number of hydrogen-bond donors (Lipinski definition) is 1. The van der Waals surface area contributed by atoms with E-state index in [-0.39, 0.29) is 5.54 Å². The summed E-state index contributed by atoms with van der Waals surface area (Å²) in [5.41, 5.74) is 0.268. The zero-order valence-electron chi connectivity index (χ0n) is 15.7. The van der Waals surface area contributed by atoms with Crippen molar-refractivity contribution in [1.82, 2.24) is 20.0 Å². The average molecular weight is 301 g/mol. The Labute approximate surface area is 133 Å². The maximum Gasteiger partial charge on any atom is 0.0163 e. The van der Waals surface area contributed by atoms with Crippen molar-refractivity contribution < 1.29 is 0 Å². The molecule has 1 unspecified atom stereocenters. The van der Waals surface area contributed by atoms with E-state index >= 15 is 0 Å². The predicted molar refractivity (Wildman–Crippen MR) is 95.2 cm³/mol. The van der Waals surface area contributed by atoms with Crippen LogP contribution in [0.3, 0.4) is 0 Å². The summed E-state index contributed by atoms with van der Waals surface area (Å²) in [5.74, 6) is 0. The molecular formula is C17H40N4. The van der Waals surface area contributed by atoms with Crippen molar-refractivity contribution in [2.45, 2.75) is 45.6 Å². The Balaban J connectivity index is 3.95. The van der Waals surface area contributed by atoms with E-state index in [0.717, 1.165) is 26.2 Å². The molecule has 4 nitrogen and oxygen atoms in total. The molecule has 0 saturated carbocycles. The van der Waals surface area contributed by atoms with Gasteiger partial charge in [-0.1, -0.05) is 13.8 Å². The molecule has 0 aromatic carbocycles. The highest BCUT2D eigenvalue weighted by molar-refractivity contribution is 4.82. The smallest absolute Gasteiger partial charge is 0.0163 e. The summed E-state index contributed by atoms with van der Waals surface area (Å²) in [6, 6.07) is 0. The number of nitrogens with zero attached hydrogens (tertiary/aromatic N) is 3. The minimum absolute atomic E-state index is 0.268. The topological polar surface area (TPSA) is 21.8 Å². The molecule has 0 aliphatic heterocycles. The maximum atomic E-state index is 3.78. The molecule has 0 bridgehead atoms. The highest BCUT2D eigenvalue weighted by atomic mass is 15.2. The van der Waals surface area contributed by atoms with Crippen LogP contribution in [0, 0.1) is 0 Å². The van der Waals surface area contributed by atoms with E-state index in [1.807, 2.05) is 0 Å². The van der Waals surface area contributed by atoms with Gasteiger partial charge in [0.05, 0.1) is 0 Å². The first-order valence-electron chi connectivity index (χ1n) is 8.59. The summed E-state index contributed by atoms with van der Waals surface area (Å²) in [7, 11) is 8.71. The summed E-state index contributed by atoms with van der Waals surface area (Å²) < 4.78 is 0. The van der Waals surface area contributed by atoms with E-state index in [4.69, 9.17) is 0 Å². The van der Waals surface area contributed by atoms with Gasteiger partial charge in [-0.15, -0.1) is 0 Å². The third kappa shape index (κ3) is 11.1. The van der Waals surface area contributed by atoms with Crippen molar-refractivity contribution in [3.05, 3.63) is 0 Å². The quantitative estimate of drug-likeness (QED) is 0.561. The van der Waals surface area contributed by atoms with Gasteiger partial charge < -0.3 is 20.0 Å². The number of likely N-dealkylation sites (N-methyl/N-ethyl adjacent to an activating group) is 2. The maximum absolute atomic E-state index is 3.78. The zero-order valence-corrected chi connectivity index (χ0v) is 15.7. The van der Waals surface area contributed by atoms with E-state index in [9.17, 15) is 0 Å².